The van der Waals surface area contributed by atoms with Crippen LogP contribution < -0.4 is 19.7 Å². The average Bonchev–Trinajstić information content (AvgIpc) is 3.44. The molecule has 45 heavy (non-hydrogen) atoms. The number of hydrogen-bond acceptors (Lipinski definition) is 7. The molecule has 12 heteroatoms. The van der Waals surface area contributed by atoms with Crippen LogP contribution in [0.4, 0.5) is 24.8 Å². The molecule has 4 aliphatic carbocycles. The minimum atomic E-state index is -4.97. The highest BCUT2D eigenvalue weighted by Crippen LogP contribution is 2.58. The lowest BCUT2D eigenvalue weighted by Gasteiger charge is -2.59. The van der Waals surface area contributed by atoms with Gasteiger partial charge in [-0.05, 0) is 104 Å². The van der Waals surface area contributed by atoms with Crippen LogP contribution in [0.5, 0.6) is 11.5 Å². The maximum atomic E-state index is 14.4. The zero-order valence-corrected chi connectivity index (χ0v) is 24.6. The number of anilines is 2. The van der Waals surface area contributed by atoms with E-state index in [0.717, 1.165) is 29.5 Å². The monoisotopic (exact) mass is 622 g/mol. The molecule has 1 amide bonds. The molecule has 9 nitrogen and oxygen atoms in total. The second-order valence-electron chi connectivity index (χ2n) is 12.7. The van der Waals surface area contributed by atoms with Gasteiger partial charge in [-0.15, -0.1) is 0 Å². The van der Waals surface area contributed by atoms with Gasteiger partial charge in [0.2, 0.25) is 5.95 Å². The number of hydrogen-bond donors (Lipinski definition) is 2. The first kappa shape index (κ1) is 29.4. The fourth-order valence-electron chi connectivity index (χ4n) is 8.28. The first-order valence-corrected chi connectivity index (χ1v) is 15.2. The molecule has 2 aromatic carbocycles. The van der Waals surface area contributed by atoms with Crippen molar-refractivity contribution in [3.8, 4) is 11.5 Å². The summed E-state index contributed by atoms with van der Waals surface area (Å²) in [4.78, 5) is 35.8. The van der Waals surface area contributed by atoms with Crippen LogP contribution in [0.1, 0.15) is 59.3 Å². The molecule has 236 valence electrons. The molecule has 0 radical (unpaired) electrons. The van der Waals surface area contributed by atoms with Crippen LogP contribution in [-0.4, -0.2) is 46.1 Å². The van der Waals surface area contributed by atoms with E-state index >= 15 is 0 Å². The third-order valence-electron chi connectivity index (χ3n) is 10.1. The van der Waals surface area contributed by atoms with Gasteiger partial charge < -0.3 is 24.8 Å². The van der Waals surface area contributed by atoms with Gasteiger partial charge in [-0.1, -0.05) is 12.1 Å². The molecular formula is C33H33F3N4O5. The summed E-state index contributed by atoms with van der Waals surface area (Å²) < 4.78 is 54.4. The summed E-state index contributed by atoms with van der Waals surface area (Å²) in [5, 5.41) is 12.9. The molecule has 4 bridgehead atoms. The molecule has 0 atom stereocenters. The predicted molar refractivity (Wildman–Crippen MR) is 156 cm³/mol. The smallest absolute Gasteiger partial charge is 0.434 e. The molecule has 3 aromatic rings. The SMILES string of the molecule is COc1cccc(COc2ccc3c(c2)CCN3c2ncc(C(=O)NC3(C(=O)O)C4CC5CC(C4)CC3C5)c(C(F)(F)F)n2)c1. The zero-order valence-electron chi connectivity index (χ0n) is 24.6. The zero-order chi connectivity index (χ0) is 31.5. The highest BCUT2D eigenvalue weighted by molar-refractivity contribution is 5.99. The fourth-order valence-corrected chi connectivity index (χ4v) is 8.28. The number of methoxy groups -OCH3 is 1. The Morgan fingerprint density at radius 2 is 1.78 bits per heavy atom. The van der Waals surface area contributed by atoms with E-state index in [2.05, 4.69) is 15.3 Å². The highest BCUT2D eigenvalue weighted by Gasteiger charge is 2.62. The number of nitrogens with zero attached hydrogens (tertiary/aromatic N) is 3. The molecule has 4 saturated carbocycles. The Kier molecular flexibility index (Phi) is 7.13. The van der Waals surface area contributed by atoms with Gasteiger partial charge in [0.15, 0.2) is 5.69 Å². The molecule has 2 N–H and O–H groups in total. The van der Waals surface area contributed by atoms with Crippen molar-refractivity contribution in [2.75, 3.05) is 18.6 Å². The Morgan fingerprint density at radius 3 is 2.44 bits per heavy atom. The van der Waals surface area contributed by atoms with Gasteiger partial charge in [0.25, 0.3) is 5.91 Å². The Labute approximate surface area is 257 Å². The molecule has 8 rings (SSSR count). The number of ether oxygens (including phenoxy) is 2. The van der Waals surface area contributed by atoms with Gasteiger partial charge in [-0.25, -0.2) is 14.8 Å². The minimum absolute atomic E-state index is 0.190. The highest BCUT2D eigenvalue weighted by atomic mass is 19.4. The number of fused-ring (bicyclic) bond motifs is 1. The number of halogens is 3. The first-order chi connectivity index (χ1) is 21.5. The molecule has 0 unspecified atom stereocenters. The fraction of sp³-hybridized carbons (Fsp3) is 0.455. The Bertz CT molecular complexity index is 1630. The second kappa shape index (κ2) is 10.9. The van der Waals surface area contributed by atoms with Crippen LogP contribution in [0, 0.1) is 23.7 Å². The van der Waals surface area contributed by atoms with E-state index in [9.17, 15) is 27.9 Å². The van der Waals surface area contributed by atoms with Crippen LogP contribution in [0.25, 0.3) is 0 Å². The topological polar surface area (TPSA) is 114 Å². The van der Waals surface area contributed by atoms with E-state index in [-0.39, 0.29) is 17.8 Å². The number of rotatable bonds is 8. The number of carboxylic acid groups (broad SMARTS) is 1. The second-order valence-corrected chi connectivity index (χ2v) is 12.7. The van der Waals surface area contributed by atoms with E-state index in [4.69, 9.17) is 9.47 Å². The van der Waals surface area contributed by atoms with Crippen molar-refractivity contribution in [3.63, 3.8) is 0 Å². The van der Waals surface area contributed by atoms with Crippen molar-refractivity contribution in [3.05, 3.63) is 71.0 Å². The minimum Gasteiger partial charge on any atom is -0.497 e. The van der Waals surface area contributed by atoms with Crippen molar-refractivity contribution in [2.24, 2.45) is 23.7 Å². The van der Waals surface area contributed by atoms with Gasteiger partial charge in [0.1, 0.15) is 23.6 Å². The average molecular weight is 623 g/mol. The van der Waals surface area contributed by atoms with Crippen LogP contribution in [0.3, 0.4) is 0 Å². The van der Waals surface area contributed by atoms with Gasteiger partial charge in [0.05, 0.1) is 12.7 Å². The molecule has 4 fully saturated rings. The molecule has 2 heterocycles. The van der Waals surface area contributed by atoms with Crippen molar-refractivity contribution in [2.45, 2.75) is 56.8 Å². The Morgan fingerprint density at radius 1 is 1.04 bits per heavy atom. The molecule has 5 aliphatic rings. The third kappa shape index (κ3) is 5.13. The van der Waals surface area contributed by atoms with Gasteiger partial charge in [0, 0.05) is 18.4 Å². The largest absolute Gasteiger partial charge is 0.497 e. The molecule has 0 saturated heterocycles. The number of benzene rings is 2. The van der Waals surface area contributed by atoms with Crippen LogP contribution >= 0.6 is 0 Å². The quantitative estimate of drug-likeness (QED) is 0.325. The summed E-state index contributed by atoms with van der Waals surface area (Å²) in [5.74, 6) is -0.958. The third-order valence-corrected chi connectivity index (χ3v) is 10.1. The van der Waals surface area contributed by atoms with Crippen LogP contribution in [0.15, 0.2) is 48.7 Å². The van der Waals surface area contributed by atoms with Crippen LogP contribution in [0.2, 0.25) is 0 Å². The lowest BCUT2D eigenvalue weighted by atomic mass is 9.48. The number of carboxylic acids is 1. The van der Waals surface area contributed by atoms with E-state index < -0.39 is 34.8 Å². The molecule has 0 spiro atoms. The number of carbonyl (C=O) groups is 2. The normalized spacial score (nSPS) is 26.4. The summed E-state index contributed by atoms with van der Waals surface area (Å²) in [6.45, 7) is 0.651. The summed E-state index contributed by atoms with van der Waals surface area (Å²) in [7, 11) is 1.59. The lowest BCUT2D eigenvalue weighted by Crippen LogP contribution is -2.70. The summed E-state index contributed by atoms with van der Waals surface area (Å²) in [6.07, 6.45) is 0.117. The molecule has 1 aromatic heterocycles. The number of aliphatic carboxylic acids is 1. The summed E-state index contributed by atoms with van der Waals surface area (Å²) in [5.41, 5.74) is -1.32. The maximum absolute atomic E-state index is 14.4. The molecule has 1 aliphatic heterocycles. The number of alkyl halides is 3. The number of aromatic nitrogens is 2. The number of amides is 1. The van der Waals surface area contributed by atoms with E-state index in [1.165, 1.54) is 0 Å². The van der Waals surface area contributed by atoms with E-state index in [1.807, 2.05) is 30.3 Å². The first-order valence-electron chi connectivity index (χ1n) is 15.2. The standard InChI is InChI=1S/C33H33F3N4O5/c1-44-24-4-2-3-18(14-24)17-45-25-5-6-27-21(15-25)7-8-40(27)31-37-16-26(28(38-31)33(34,35)36)29(41)39-32(30(42)43)22-10-19-9-20(12-22)13-23(32)11-19/h2-6,14-16,19-20,22-23H,7-13,17H2,1H3,(H,39,41)(H,42,43). The summed E-state index contributed by atoms with van der Waals surface area (Å²) >= 11 is 0. The number of nitrogens with one attached hydrogen (secondary N) is 1. The Hall–Kier alpha value is -4.35. The van der Waals surface area contributed by atoms with Gasteiger partial charge in [-0.2, -0.15) is 13.2 Å². The van der Waals surface area contributed by atoms with Crippen molar-refractivity contribution >= 4 is 23.5 Å². The van der Waals surface area contributed by atoms with Crippen molar-refractivity contribution in [1.82, 2.24) is 15.3 Å². The van der Waals surface area contributed by atoms with Crippen molar-refractivity contribution in [1.29, 1.82) is 0 Å². The van der Waals surface area contributed by atoms with Gasteiger partial charge >= 0.3 is 12.1 Å². The van der Waals surface area contributed by atoms with Crippen molar-refractivity contribution < 1.29 is 37.3 Å². The van der Waals surface area contributed by atoms with Crippen LogP contribution in [-0.2, 0) is 24.0 Å². The van der Waals surface area contributed by atoms with E-state index in [0.29, 0.717) is 68.5 Å². The molecular weight excluding hydrogens is 589 g/mol. The predicted octanol–water partition coefficient (Wildman–Crippen LogP) is 5.79. The van der Waals surface area contributed by atoms with Gasteiger partial charge in [-0.3, -0.25) is 4.79 Å². The Balaban J connectivity index is 1.12. The summed E-state index contributed by atoms with van der Waals surface area (Å²) in [6, 6.07) is 12.8. The van der Waals surface area contributed by atoms with E-state index in [1.54, 1.807) is 24.1 Å². The lowest BCUT2D eigenvalue weighted by molar-refractivity contribution is -0.163. The maximum Gasteiger partial charge on any atom is 0.434 e. The number of carbonyl (C=O) groups excluding carboxylic acids is 1.